The van der Waals surface area contributed by atoms with Crippen molar-refractivity contribution >= 4 is 0 Å². The minimum atomic E-state index is -0.719. The Bertz CT molecular complexity index is 101. The summed E-state index contributed by atoms with van der Waals surface area (Å²) in [4.78, 5) is 0. The quantitative estimate of drug-likeness (QED) is 0.496. The molecule has 0 aromatic heterocycles. The predicted octanol–water partition coefficient (Wildman–Crippen LogP) is -0.237. The Labute approximate surface area is 60.6 Å². The smallest absolute Gasteiger partial charge is 0.106 e. The summed E-state index contributed by atoms with van der Waals surface area (Å²) in [6.07, 6.45) is -1.57. The molecule has 3 heteroatoms. The molecular formula is C7H14O3. The Hall–Kier alpha value is -0.120. The number of aliphatic hydroxyl groups excluding tert-OH is 2. The second-order valence-corrected chi connectivity index (χ2v) is 3.00. The Morgan fingerprint density at radius 3 is 2.30 bits per heavy atom. The van der Waals surface area contributed by atoms with E-state index in [2.05, 4.69) is 0 Å². The molecule has 0 amide bonds. The minimum absolute atomic E-state index is 0.0474. The molecule has 0 radical (unpaired) electrons. The Kier molecular flexibility index (Phi) is 2.28. The number of aliphatic hydroxyl groups is 2. The Balaban J connectivity index is 2.52. The topological polar surface area (TPSA) is 49.7 Å². The lowest BCUT2D eigenvalue weighted by Crippen LogP contribution is -2.47. The number of hydrogen-bond acceptors (Lipinski definition) is 3. The molecule has 1 heterocycles. The molecule has 1 aliphatic heterocycles. The van der Waals surface area contributed by atoms with E-state index in [-0.39, 0.29) is 12.0 Å². The highest BCUT2D eigenvalue weighted by Gasteiger charge is 2.33. The van der Waals surface area contributed by atoms with Gasteiger partial charge in [-0.25, -0.2) is 0 Å². The lowest BCUT2D eigenvalue weighted by Gasteiger charge is -2.34. The van der Waals surface area contributed by atoms with Crippen molar-refractivity contribution in [3.8, 4) is 0 Å². The fourth-order valence-corrected chi connectivity index (χ4v) is 1.12. The monoisotopic (exact) mass is 146 g/mol. The minimum Gasteiger partial charge on any atom is -0.390 e. The van der Waals surface area contributed by atoms with E-state index in [9.17, 15) is 10.2 Å². The zero-order chi connectivity index (χ0) is 7.72. The molecule has 0 aliphatic carbocycles. The SMILES string of the molecule is C[C@@H]1OC[C@H](C)[C@H](O)[C@H]1O. The summed E-state index contributed by atoms with van der Waals surface area (Å²) in [6, 6.07) is 0. The second-order valence-electron chi connectivity index (χ2n) is 3.00. The molecule has 0 aromatic carbocycles. The number of rotatable bonds is 0. The van der Waals surface area contributed by atoms with Gasteiger partial charge >= 0.3 is 0 Å². The van der Waals surface area contributed by atoms with Crippen molar-refractivity contribution in [1.82, 2.24) is 0 Å². The fraction of sp³-hybridized carbons (Fsp3) is 1.00. The van der Waals surface area contributed by atoms with Gasteiger partial charge in [0.1, 0.15) is 6.10 Å². The van der Waals surface area contributed by atoms with Crippen LogP contribution in [-0.4, -0.2) is 35.1 Å². The summed E-state index contributed by atoms with van der Waals surface area (Å²) < 4.78 is 5.16. The Morgan fingerprint density at radius 1 is 1.20 bits per heavy atom. The van der Waals surface area contributed by atoms with E-state index in [4.69, 9.17) is 4.74 Å². The van der Waals surface area contributed by atoms with E-state index < -0.39 is 12.2 Å². The molecule has 1 fully saturated rings. The molecule has 1 saturated heterocycles. The molecule has 1 rings (SSSR count). The van der Waals surface area contributed by atoms with E-state index in [1.54, 1.807) is 6.92 Å². The van der Waals surface area contributed by atoms with Crippen molar-refractivity contribution in [2.24, 2.45) is 5.92 Å². The van der Waals surface area contributed by atoms with Gasteiger partial charge in [-0.3, -0.25) is 0 Å². The van der Waals surface area contributed by atoms with Crippen LogP contribution in [0.15, 0.2) is 0 Å². The third kappa shape index (κ3) is 1.31. The maximum atomic E-state index is 9.29. The number of hydrogen-bond donors (Lipinski definition) is 2. The highest BCUT2D eigenvalue weighted by Crippen LogP contribution is 2.18. The maximum absolute atomic E-state index is 9.29. The van der Waals surface area contributed by atoms with Gasteiger partial charge in [-0.2, -0.15) is 0 Å². The predicted molar refractivity (Wildman–Crippen MR) is 36.6 cm³/mol. The van der Waals surface area contributed by atoms with Crippen molar-refractivity contribution in [3.05, 3.63) is 0 Å². The first kappa shape index (κ1) is 7.98. The van der Waals surface area contributed by atoms with Crippen LogP contribution in [0.4, 0.5) is 0 Å². The molecular weight excluding hydrogens is 132 g/mol. The first-order chi connectivity index (χ1) is 4.63. The van der Waals surface area contributed by atoms with Crippen LogP contribution in [0.5, 0.6) is 0 Å². The first-order valence-corrected chi connectivity index (χ1v) is 3.60. The van der Waals surface area contributed by atoms with E-state index in [0.717, 1.165) is 0 Å². The largest absolute Gasteiger partial charge is 0.390 e. The molecule has 0 spiro atoms. The summed E-state index contributed by atoms with van der Waals surface area (Å²) in [5, 5.41) is 18.5. The number of ether oxygens (including phenoxy) is 1. The average Bonchev–Trinajstić information content (AvgIpc) is 1.93. The molecule has 2 N–H and O–H groups in total. The molecule has 0 bridgehead atoms. The normalized spacial score (nSPS) is 49.2. The van der Waals surface area contributed by atoms with E-state index in [1.165, 1.54) is 0 Å². The van der Waals surface area contributed by atoms with Gasteiger partial charge in [0.2, 0.25) is 0 Å². The van der Waals surface area contributed by atoms with Crippen LogP contribution in [0.25, 0.3) is 0 Å². The molecule has 0 aromatic rings. The zero-order valence-electron chi connectivity index (χ0n) is 6.32. The Morgan fingerprint density at radius 2 is 1.80 bits per heavy atom. The zero-order valence-corrected chi connectivity index (χ0v) is 6.32. The summed E-state index contributed by atoms with van der Waals surface area (Å²) >= 11 is 0. The molecule has 10 heavy (non-hydrogen) atoms. The standard InChI is InChI=1S/C7H14O3/c1-4-3-10-5(2)7(9)6(4)8/h4-9H,3H2,1-2H3/t4-,5-,6-,7-/m0/s1. The molecule has 0 unspecified atom stereocenters. The maximum Gasteiger partial charge on any atom is 0.106 e. The highest BCUT2D eigenvalue weighted by molar-refractivity contribution is 4.81. The van der Waals surface area contributed by atoms with Crippen LogP contribution in [0.1, 0.15) is 13.8 Å². The van der Waals surface area contributed by atoms with Gasteiger partial charge < -0.3 is 14.9 Å². The van der Waals surface area contributed by atoms with Gasteiger partial charge in [-0.05, 0) is 6.92 Å². The van der Waals surface area contributed by atoms with E-state index in [1.807, 2.05) is 6.92 Å². The van der Waals surface area contributed by atoms with Crippen LogP contribution < -0.4 is 0 Å². The molecule has 0 saturated carbocycles. The molecule has 1 aliphatic rings. The van der Waals surface area contributed by atoms with E-state index in [0.29, 0.717) is 6.61 Å². The molecule has 60 valence electrons. The van der Waals surface area contributed by atoms with Crippen molar-refractivity contribution in [2.75, 3.05) is 6.61 Å². The molecule has 3 nitrogen and oxygen atoms in total. The lowest BCUT2D eigenvalue weighted by atomic mass is 9.95. The van der Waals surface area contributed by atoms with Gasteiger partial charge in [0, 0.05) is 5.92 Å². The van der Waals surface area contributed by atoms with Crippen LogP contribution in [0.2, 0.25) is 0 Å². The summed E-state index contributed by atoms with van der Waals surface area (Å²) in [7, 11) is 0. The summed E-state index contributed by atoms with van der Waals surface area (Å²) in [5.41, 5.74) is 0. The molecule has 4 atom stereocenters. The van der Waals surface area contributed by atoms with Gasteiger partial charge in [0.15, 0.2) is 0 Å². The van der Waals surface area contributed by atoms with Gasteiger partial charge in [-0.1, -0.05) is 6.92 Å². The second kappa shape index (κ2) is 2.86. The lowest BCUT2D eigenvalue weighted by molar-refractivity contribution is -0.153. The van der Waals surface area contributed by atoms with Crippen LogP contribution in [-0.2, 0) is 4.74 Å². The van der Waals surface area contributed by atoms with Crippen molar-refractivity contribution in [1.29, 1.82) is 0 Å². The summed E-state index contributed by atoms with van der Waals surface area (Å²) in [6.45, 7) is 4.17. The third-order valence-electron chi connectivity index (χ3n) is 2.04. The van der Waals surface area contributed by atoms with Crippen molar-refractivity contribution in [3.63, 3.8) is 0 Å². The van der Waals surface area contributed by atoms with Crippen molar-refractivity contribution in [2.45, 2.75) is 32.2 Å². The highest BCUT2D eigenvalue weighted by atomic mass is 16.5. The average molecular weight is 146 g/mol. The van der Waals surface area contributed by atoms with Crippen LogP contribution in [0.3, 0.4) is 0 Å². The van der Waals surface area contributed by atoms with Crippen LogP contribution >= 0.6 is 0 Å². The summed E-state index contributed by atoms with van der Waals surface area (Å²) in [5.74, 6) is 0.0474. The van der Waals surface area contributed by atoms with E-state index >= 15 is 0 Å². The van der Waals surface area contributed by atoms with Gasteiger partial charge in [-0.15, -0.1) is 0 Å². The van der Waals surface area contributed by atoms with Gasteiger partial charge in [0.05, 0.1) is 18.8 Å². The fourth-order valence-electron chi connectivity index (χ4n) is 1.12. The third-order valence-corrected chi connectivity index (χ3v) is 2.04. The first-order valence-electron chi connectivity index (χ1n) is 3.60. The van der Waals surface area contributed by atoms with Gasteiger partial charge in [0.25, 0.3) is 0 Å². The van der Waals surface area contributed by atoms with Crippen LogP contribution in [0, 0.1) is 5.92 Å². The van der Waals surface area contributed by atoms with Crippen molar-refractivity contribution < 1.29 is 14.9 Å².